The van der Waals surface area contributed by atoms with Gasteiger partial charge in [0.05, 0.1) is 13.2 Å². The molecule has 110 valence electrons. The zero-order valence-corrected chi connectivity index (χ0v) is 13.1. The first kappa shape index (κ1) is 14.4. The van der Waals surface area contributed by atoms with Gasteiger partial charge in [0.1, 0.15) is 5.75 Å². The van der Waals surface area contributed by atoms with Gasteiger partial charge in [-0.25, -0.2) is 0 Å². The van der Waals surface area contributed by atoms with Crippen molar-refractivity contribution in [1.29, 1.82) is 0 Å². The van der Waals surface area contributed by atoms with Gasteiger partial charge >= 0.3 is 0 Å². The molecule has 0 radical (unpaired) electrons. The number of aryl methyl sites for hydroxylation is 1. The minimum absolute atomic E-state index is 0.0669. The van der Waals surface area contributed by atoms with Gasteiger partial charge in [-0.3, -0.25) is 11.3 Å². The molecule has 1 aliphatic rings. The van der Waals surface area contributed by atoms with Crippen LogP contribution in [0.1, 0.15) is 22.7 Å². The number of methoxy groups -OCH3 is 1. The Hall–Kier alpha value is -1.49. The second-order valence-electron chi connectivity index (χ2n) is 5.36. The van der Waals surface area contributed by atoms with Gasteiger partial charge in [-0.1, -0.05) is 35.9 Å². The van der Waals surface area contributed by atoms with Crippen molar-refractivity contribution in [3.8, 4) is 5.75 Å². The Morgan fingerprint density at radius 2 is 2.10 bits per heavy atom. The molecule has 21 heavy (non-hydrogen) atoms. The Bertz CT molecular complexity index is 619. The molecule has 1 aliphatic heterocycles. The van der Waals surface area contributed by atoms with E-state index in [-0.39, 0.29) is 6.04 Å². The third kappa shape index (κ3) is 2.79. The maximum atomic E-state index is 5.87. The van der Waals surface area contributed by atoms with Gasteiger partial charge in [0, 0.05) is 15.7 Å². The van der Waals surface area contributed by atoms with Crippen LogP contribution in [-0.2, 0) is 6.42 Å². The van der Waals surface area contributed by atoms with Gasteiger partial charge in [0.15, 0.2) is 0 Å². The highest BCUT2D eigenvalue weighted by Gasteiger charge is 2.31. The summed E-state index contributed by atoms with van der Waals surface area (Å²) < 4.78 is 5.51. The summed E-state index contributed by atoms with van der Waals surface area (Å²) in [5.74, 6) is 6.76. The summed E-state index contributed by atoms with van der Waals surface area (Å²) in [5.41, 5.74) is 6.74. The first-order valence-corrected chi connectivity index (χ1v) is 7.96. The van der Waals surface area contributed by atoms with Gasteiger partial charge in [-0.2, -0.15) is 0 Å². The molecule has 3 nitrogen and oxygen atoms in total. The van der Waals surface area contributed by atoms with E-state index in [0.29, 0.717) is 5.25 Å². The van der Waals surface area contributed by atoms with Crippen LogP contribution in [0.15, 0.2) is 47.4 Å². The second-order valence-corrected chi connectivity index (χ2v) is 6.64. The molecule has 0 amide bonds. The molecule has 3 N–H and O–H groups in total. The first-order chi connectivity index (χ1) is 10.2. The highest BCUT2D eigenvalue weighted by Crippen LogP contribution is 2.44. The SMILES string of the molecule is COc1ccc(C)cc1C(NN)C1Cc2ccccc2S1. The predicted octanol–water partition coefficient (Wildman–Crippen LogP) is 3.23. The fourth-order valence-corrected chi connectivity index (χ4v) is 4.30. The topological polar surface area (TPSA) is 47.3 Å². The number of hydrazine groups is 1. The first-order valence-electron chi connectivity index (χ1n) is 7.08. The van der Waals surface area contributed by atoms with E-state index in [9.17, 15) is 0 Å². The van der Waals surface area contributed by atoms with Gasteiger partial charge in [-0.15, -0.1) is 11.8 Å². The van der Waals surface area contributed by atoms with E-state index in [1.165, 1.54) is 16.0 Å². The number of ether oxygens (including phenoxy) is 1. The van der Waals surface area contributed by atoms with Crippen LogP contribution in [-0.4, -0.2) is 12.4 Å². The molecule has 4 heteroatoms. The highest BCUT2D eigenvalue weighted by molar-refractivity contribution is 8.00. The number of hydrogen-bond donors (Lipinski definition) is 2. The number of fused-ring (bicyclic) bond motifs is 1. The van der Waals surface area contributed by atoms with Crippen LogP contribution in [0.4, 0.5) is 0 Å². The van der Waals surface area contributed by atoms with Gasteiger partial charge in [0.25, 0.3) is 0 Å². The molecular weight excluding hydrogens is 280 g/mol. The van der Waals surface area contributed by atoms with Crippen LogP contribution in [0.2, 0.25) is 0 Å². The van der Waals surface area contributed by atoms with E-state index in [1.54, 1.807) is 7.11 Å². The van der Waals surface area contributed by atoms with E-state index in [1.807, 2.05) is 17.8 Å². The lowest BCUT2D eigenvalue weighted by Crippen LogP contribution is -2.35. The molecule has 0 fully saturated rings. The summed E-state index contributed by atoms with van der Waals surface area (Å²) in [6.45, 7) is 2.09. The molecule has 0 aliphatic carbocycles. The Balaban J connectivity index is 1.92. The summed E-state index contributed by atoms with van der Waals surface area (Å²) >= 11 is 1.89. The van der Waals surface area contributed by atoms with E-state index in [2.05, 4.69) is 48.7 Å². The Kier molecular flexibility index (Phi) is 4.19. The maximum absolute atomic E-state index is 5.87. The third-order valence-corrected chi connectivity index (χ3v) is 5.34. The number of benzene rings is 2. The monoisotopic (exact) mass is 300 g/mol. The molecule has 0 bridgehead atoms. The van der Waals surface area contributed by atoms with E-state index >= 15 is 0 Å². The van der Waals surface area contributed by atoms with Crippen molar-refractivity contribution < 1.29 is 4.74 Å². The summed E-state index contributed by atoms with van der Waals surface area (Å²) in [6, 6.07) is 14.9. The van der Waals surface area contributed by atoms with Crippen LogP contribution < -0.4 is 16.0 Å². The minimum Gasteiger partial charge on any atom is -0.496 e. The smallest absolute Gasteiger partial charge is 0.123 e. The summed E-state index contributed by atoms with van der Waals surface area (Å²) in [4.78, 5) is 1.36. The average molecular weight is 300 g/mol. The largest absolute Gasteiger partial charge is 0.496 e. The zero-order chi connectivity index (χ0) is 14.8. The summed E-state index contributed by atoms with van der Waals surface area (Å²) in [7, 11) is 1.71. The van der Waals surface area contributed by atoms with Gasteiger partial charge < -0.3 is 4.74 Å². The van der Waals surface area contributed by atoms with Crippen molar-refractivity contribution in [3.05, 3.63) is 59.2 Å². The molecule has 0 spiro atoms. The normalized spacial score (nSPS) is 18.3. The molecular formula is C17H20N2OS. The molecule has 2 aromatic rings. The van der Waals surface area contributed by atoms with E-state index in [4.69, 9.17) is 10.6 Å². The molecule has 2 aromatic carbocycles. The van der Waals surface area contributed by atoms with Crippen molar-refractivity contribution in [2.45, 2.75) is 29.5 Å². The molecule has 0 saturated carbocycles. The average Bonchev–Trinajstić information content (AvgIpc) is 2.92. The van der Waals surface area contributed by atoms with Gasteiger partial charge in [0.2, 0.25) is 0 Å². The van der Waals surface area contributed by atoms with Crippen LogP contribution in [0.5, 0.6) is 5.75 Å². The maximum Gasteiger partial charge on any atom is 0.123 e. The Morgan fingerprint density at radius 1 is 1.29 bits per heavy atom. The van der Waals surface area contributed by atoms with Crippen molar-refractivity contribution in [2.75, 3.05) is 7.11 Å². The molecule has 2 atom stereocenters. The standard InChI is InChI=1S/C17H20N2OS/c1-11-7-8-14(20-2)13(9-11)17(19-18)16-10-12-5-3-4-6-15(12)21-16/h3-9,16-17,19H,10,18H2,1-2H3. The van der Waals surface area contributed by atoms with Crippen molar-refractivity contribution in [1.82, 2.24) is 5.43 Å². The quantitative estimate of drug-likeness (QED) is 0.672. The zero-order valence-electron chi connectivity index (χ0n) is 12.3. The highest BCUT2D eigenvalue weighted by atomic mass is 32.2. The van der Waals surface area contributed by atoms with Crippen molar-refractivity contribution in [2.24, 2.45) is 5.84 Å². The summed E-state index contributed by atoms with van der Waals surface area (Å²) in [5, 5.41) is 0.378. The number of hydrogen-bond acceptors (Lipinski definition) is 4. The van der Waals surface area contributed by atoms with Crippen LogP contribution in [0.25, 0.3) is 0 Å². The van der Waals surface area contributed by atoms with Crippen molar-refractivity contribution in [3.63, 3.8) is 0 Å². The Morgan fingerprint density at radius 3 is 2.81 bits per heavy atom. The number of nitrogens with one attached hydrogen (secondary N) is 1. The minimum atomic E-state index is 0.0669. The van der Waals surface area contributed by atoms with E-state index < -0.39 is 0 Å². The molecule has 0 aromatic heterocycles. The van der Waals surface area contributed by atoms with Crippen molar-refractivity contribution >= 4 is 11.8 Å². The Labute approximate surface area is 129 Å². The van der Waals surface area contributed by atoms with Crippen LogP contribution >= 0.6 is 11.8 Å². The lowest BCUT2D eigenvalue weighted by Gasteiger charge is -2.24. The third-order valence-electron chi connectivity index (χ3n) is 3.94. The van der Waals surface area contributed by atoms with Crippen LogP contribution in [0.3, 0.4) is 0 Å². The number of rotatable bonds is 4. The molecule has 3 rings (SSSR count). The lowest BCUT2D eigenvalue weighted by atomic mass is 9.97. The molecule has 2 unspecified atom stereocenters. The lowest BCUT2D eigenvalue weighted by molar-refractivity contribution is 0.397. The number of nitrogens with two attached hydrogens (primary N) is 1. The molecule has 1 heterocycles. The molecule has 0 saturated heterocycles. The summed E-state index contributed by atoms with van der Waals surface area (Å²) in [6.07, 6.45) is 1.02. The van der Waals surface area contributed by atoms with Crippen LogP contribution in [0, 0.1) is 6.92 Å². The fourth-order valence-electron chi connectivity index (χ4n) is 2.89. The number of thioether (sulfide) groups is 1. The van der Waals surface area contributed by atoms with Gasteiger partial charge in [-0.05, 0) is 31.0 Å². The van der Waals surface area contributed by atoms with E-state index in [0.717, 1.165) is 17.7 Å². The fraction of sp³-hybridized carbons (Fsp3) is 0.294. The second kappa shape index (κ2) is 6.10. The predicted molar refractivity (Wildman–Crippen MR) is 87.6 cm³/mol.